The van der Waals surface area contributed by atoms with Gasteiger partial charge in [-0.25, -0.2) is 0 Å². The summed E-state index contributed by atoms with van der Waals surface area (Å²) in [6, 6.07) is 10.7. The summed E-state index contributed by atoms with van der Waals surface area (Å²) in [5.41, 5.74) is 1.42. The Morgan fingerprint density at radius 2 is 1.89 bits per heavy atom. The van der Waals surface area contributed by atoms with Crippen molar-refractivity contribution >= 4 is 5.91 Å². The van der Waals surface area contributed by atoms with Crippen LogP contribution in [0, 0.1) is 0 Å². The first kappa shape index (κ1) is 14.1. The summed E-state index contributed by atoms with van der Waals surface area (Å²) in [7, 11) is 0. The number of carbonyl (C=O) groups is 1. The van der Waals surface area contributed by atoms with Crippen molar-refractivity contribution < 1.29 is 4.79 Å². The van der Waals surface area contributed by atoms with Gasteiger partial charge in [0, 0.05) is 26.6 Å². The van der Waals surface area contributed by atoms with E-state index in [0.717, 1.165) is 45.6 Å². The first-order valence-corrected chi connectivity index (χ1v) is 7.27. The molecule has 0 N–H and O–H groups in total. The second kappa shape index (κ2) is 7.29. The molecule has 1 aliphatic rings. The largest absolute Gasteiger partial charge is 0.342 e. The summed E-state index contributed by atoms with van der Waals surface area (Å²) in [5.74, 6) is 0.214. The summed E-state index contributed by atoms with van der Waals surface area (Å²) in [5, 5.41) is 0. The van der Waals surface area contributed by atoms with E-state index in [-0.39, 0.29) is 5.91 Å². The van der Waals surface area contributed by atoms with Crippen LogP contribution in [0.1, 0.15) is 25.3 Å². The van der Waals surface area contributed by atoms with Crippen molar-refractivity contribution in [3.63, 3.8) is 0 Å². The SMILES string of the molecule is CC(=O)N1CCCN(CCCc2ccccc2)CC1. The second-order valence-corrected chi connectivity index (χ2v) is 5.29. The number of hydrogen-bond acceptors (Lipinski definition) is 2. The number of benzene rings is 1. The summed E-state index contributed by atoms with van der Waals surface area (Å²) >= 11 is 0. The average Bonchev–Trinajstić information content (AvgIpc) is 2.66. The molecule has 19 heavy (non-hydrogen) atoms. The van der Waals surface area contributed by atoms with Gasteiger partial charge in [0.1, 0.15) is 0 Å². The molecule has 0 aliphatic carbocycles. The third-order valence-electron chi connectivity index (χ3n) is 3.82. The standard InChI is InChI=1S/C16H24N2O/c1-15(19)18-12-6-11-17(13-14-18)10-5-9-16-7-3-2-4-8-16/h2-4,7-8H,5-6,9-14H2,1H3. The molecule has 1 aliphatic heterocycles. The van der Waals surface area contributed by atoms with Crippen molar-refractivity contribution in [3.8, 4) is 0 Å². The minimum Gasteiger partial charge on any atom is -0.342 e. The molecule has 0 radical (unpaired) electrons. The molecule has 0 aromatic heterocycles. The maximum absolute atomic E-state index is 11.4. The Hall–Kier alpha value is -1.35. The predicted molar refractivity (Wildman–Crippen MR) is 78.1 cm³/mol. The average molecular weight is 260 g/mol. The topological polar surface area (TPSA) is 23.6 Å². The lowest BCUT2D eigenvalue weighted by atomic mass is 10.1. The molecular weight excluding hydrogens is 236 g/mol. The van der Waals surface area contributed by atoms with Crippen LogP contribution in [0.15, 0.2) is 30.3 Å². The Morgan fingerprint density at radius 3 is 2.63 bits per heavy atom. The molecular formula is C16H24N2O. The van der Waals surface area contributed by atoms with Crippen LogP contribution in [0.5, 0.6) is 0 Å². The third-order valence-corrected chi connectivity index (χ3v) is 3.82. The van der Waals surface area contributed by atoms with Gasteiger partial charge >= 0.3 is 0 Å². The smallest absolute Gasteiger partial charge is 0.219 e. The van der Waals surface area contributed by atoms with Gasteiger partial charge in [-0.1, -0.05) is 30.3 Å². The maximum atomic E-state index is 11.4. The fourth-order valence-corrected chi connectivity index (χ4v) is 2.66. The minimum absolute atomic E-state index is 0.214. The number of aryl methyl sites for hydroxylation is 1. The molecule has 1 aromatic rings. The highest BCUT2D eigenvalue weighted by molar-refractivity contribution is 5.73. The second-order valence-electron chi connectivity index (χ2n) is 5.29. The van der Waals surface area contributed by atoms with Crippen molar-refractivity contribution in [1.29, 1.82) is 0 Å². The monoisotopic (exact) mass is 260 g/mol. The van der Waals surface area contributed by atoms with Crippen molar-refractivity contribution in [1.82, 2.24) is 9.80 Å². The molecule has 2 rings (SSSR count). The highest BCUT2D eigenvalue weighted by atomic mass is 16.2. The normalized spacial score (nSPS) is 17.2. The first-order chi connectivity index (χ1) is 9.25. The zero-order chi connectivity index (χ0) is 13.5. The molecule has 104 valence electrons. The van der Waals surface area contributed by atoms with Gasteiger partial charge in [-0.2, -0.15) is 0 Å². The molecule has 0 saturated carbocycles. The Morgan fingerprint density at radius 1 is 1.11 bits per heavy atom. The lowest BCUT2D eigenvalue weighted by Gasteiger charge is -2.20. The predicted octanol–water partition coefficient (Wildman–Crippen LogP) is 2.17. The lowest BCUT2D eigenvalue weighted by molar-refractivity contribution is -0.128. The Balaban J connectivity index is 1.70. The quantitative estimate of drug-likeness (QED) is 0.828. The van der Waals surface area contributed by atoms with Crippen LogP contribution in [0.3, 0.4) is 0 Å². The fraction of sp³-hybridized carbons (Fsp3) is 0.562. The highest BCUT2D eigenvalue weighted by Gasteiger charge is 2.15. The molecule has 1 amide bonds. The van der Waals surface area contributed by atoms with E-state index in [2.05, 4.69) is 35.2 Å². The van der Waals surface area contributed by atoms with Crippen molar-refractivity contribution in [3.05, 3.63) is 35.9 Å². The number of nitrogens with zero attached hydrogens (tertiary/aromatic N) is 2. The number of hydrogen-bond donors (Lipinski definition) is 0. The molecule has 1 fully saturated rings. The molecule has 3 nitrogen and oxygen atoms in total. The summed E-state index contributed by atoms with van der Waals surface area (Å²) in [6.07, 6.45) is 3.45. The number of rotatable bonds is 4. The van der Waals surface area contributed by atoms with E-state index in [1.807, 2.05) is 4.90 Å². The van der Waals surface area contributed by atoms with Crippen LogP contribution < -0.4 is 0 Å². The summed E-state index contributed by atoms with van der Waals surface area (Å²) in [6.45, 7) is 6.77. The molecule has 1 heterocycles. The Kier molecular flexibility index (Phi) is 5.40. The van der Waals surface area contributed by atoms with Crippen LogP contribution in [0.2, 0.25) is 0 Å². The van der Waals surface area contributed by atoms with Crippen molar-refractivity contribution in [2.45, 2.75) is 26.2 Å². The van der Waals surface area contributed by atoms with Gasteiger partial charge in [0.15, 0.2) is 0 Å². The van der Waals surface area contributed by atoms with E-state index in [1.165, 1.54) is 12.0 Å². The van der Waals surface area contributed by atoms with Gasteiger partial charge < -0.3 is 9.80 Å². The number of carbonyl (C=O) groups excluding carboxylic acids is 1. The molecule has 0 unspecified atom stereocenters. The van der Waals surface area contributed by atoms with Crippen LogP contribution >= 0.6 is 0 Å². The van der Waals surface area contributed by atoms with E-state index >= 15 is 0 Å². The summed E-state index contributed by atoms with van der Waals surface area (Å²) in [4.78, 5) is 15.8. The number of amides is 1. The van der Waals surface area contributed by atoms with E-state index in [9.17, 15) is 4.79 Å². The van der Waals surface area contributed by atoms with Gasteiger partial charge in [-0.05, 0) is 37.9 Å². The minimum atomic E-state index is 0.214. The molecule has 3 heteroatoms. The van der Waals surface area contributed by atoms with Gasteiger partial charge in [-0.15, -0.1) is 0 Å². The zero-order valence-electron chi connectivity index (χ0n) is 11.8. The van der Waals surface area contributed by atoms with Gasteiger partial charge in [0.2, 0.25) is 5.91 Å². The summed E-state index contributed by atoms with van der Waals surface area (Å²) < 4.78 is 0. The van der Waals surface area contributed by atoms with Gasteiger partial charge in [0.05, 0.1) is 0 Å². The van der Waals surface area contributed by atoms with Crippen molar-refractivity contribution in [2.24, 2.45) is 0 Å². The highest BCUT2D eigenvalue weighted by Crippen LogP contribution is 2.07. The van der Waals surface area contributed by atoms with Crippen LogP contribution in [-0.2, 0) is 11.2 Å². The van der Waals surface area contributed by atoms with Gasteiger partial charge in [-0.3, -0.25) is 4.79 Å². The zero-order valence-corrected chi connectivity index (χ0v) is 11.8. The molecule has 1 aromatic carbocycles. The molecule has 1 saturated heterocycles. The molecule has 0 atom stereocenters. The van der Waals surface area contributed by atoms with E-state index in [4.69, 9.17) is 0 Å². The van der Waals surface area contributed by atoms with Crippen LogP contribution in [-0.4, -0.2) is 48.4 Å². The van der Waals surface area contributed by atoms with E-state index in [1.54, 1.807) is 6.92 Å². The Labute approximate surface area is 116 Å². The van der Waals surface area contributed by atoms with Gasteiger partial charge in [0.25, 0.3) is 0 Å². The molecule has 0 spiro atoms. The van der Waals surface area contributed by atoms with E-state index < -0.39 is 0 Å². The van der Waals surface area contributed by atoms with Crippen LogP contribution in [0.25, 0.3) is 0 Å². The lowest BCUT2D eigenvalue weighted by Crippen LogP contribution is -2.34. The Bertz CT molecular complexity index is 391. The molecule has 0 bridgehead atoms. The van der Waals surface area contributed by atoms with E-state index in [0.29, 0.717) is 0 Å². The van der Waals surface area contributed by atoms with Crippen molar-refractivity contribution in [2.75, 3.05) is 32.7 Å². The third kappa shape index (κ3) is 4.67. The van der Waals surface area contributed by atoms with Crippen LogP contribution in [0.4, 0.5) is 0 Å². The maximum Gasteiger partial charge on any atom is 0.219 e. The fourth-order valence-electron chi connectivity index (χ4n) is 2.66. The first-order valence-electron chi connectivity index (χ1n) is 7.27.